The van der Waals surface area contributed by atoms with E-state index in [9.17, 15) is 9.59 Å². The fourth-order valence-electron chi connectivity index (χ4n) is 3.58. The number of benzene rings is 2. The van der Waals surface area contributed by atoms with Gasteiger partial charge >= 0.3 is 0 Å². The molecule has 0 fully saturated rings. The van der Waals surface area contributed by atoms with Gasteiger partial charge in [-0.1, -0.05) is 55.4 Å². The van der Waals surface area contributed by atoms with Crippen molar-refractivity contribution < 1.29 is 4.79 Å². The Kier molecular flexibility index (Phi) is 6.70. The van der Waals surface area contributed by atoms with Gasteiger partial charge in [0.25, 0.3) is 5.56 Å². The number of aromatic nitrogens is 4. The Morgan fingerprint density at radius 2 is 1.94 bits per heavy atom. The van der Waals surface area contributed by atoms with Gasteiger partial charge in [0.1, 0.15) is 0 Å². The number of aryl methyl sites for hydroxylation is 1. The number of para-hydroxylation sites is 1. The van der Waals surface area contributed by atoms with Crippen molar-refractivity contribution in [3.05, 3.63) is 77.1 Å². The van der Waals surface area contributed by atoms with E-state index >= 15 is 0 Å². The van der Waals surface area contributed by atoms with Gasteiger partial charge < -0.3 is 5.32 Å². The molecule has 0 bridgehead atoms. The van der Waals surface area contributed by atoms with Gasteiger partial charge in [-0.05, 0) is 42.7 Å². The molecule has 0 radical (unpaired) electrons. The number of hydrogen-bond acceptors (Lipinski definition) is 5. The molecular formula is C24H25N5O2S. The van der Waals surface area contributed by atoms with Gasteiger partial charge in [0.15, 0.2) is 5.16 Å². The summed E-state index contributed by atoms with van der Waals surface area (Å²) in [6.45, 7) is 6.23. The molecule has 0 aliphatic heterocycles. The second-order valence-electron chi connectivity index (χ2n) is 7.48. The summed E-state index contributed by atoms with van der Waals surface area (Å²) in [7, 11) is 0. The molecule has 0 spiro atoms. The Morgan fingerprint density at radius 1 is 1.16 bits per heavy atom. The molecule has 0 aliphatic carbocycles. The highest BCUT2D eigenvalue weighted by Gasteiger charge is 2.17. The monoisotopic (exact) mass is 447 g/mol. The molecule has 0 unspecified atom stereocenters. The van der Waals surface area contributed by atoms with Crippen molar-refractivity contribution in [3.63, 3.8) is 0 Å². The summed E-state index contributed by atoms with van der Waals surface area (Å²) in [5.41, 5.74) is 2.61. The largest absolute Gasteiger partial charge is 0.325 e. The van der Waals surface area contributed by atoms with Gasteiger partial charge in [0.2, 0.25) is 11.7 Å². The SMILES string of the molecule is C=CCn1c(=O)c2ccccc2n2c(SCC(=O)Nc3ccc(CCCC)cc3)nnc12. The third-order valence-corrected chi connectivity index (χ3v) is 6.11. The van der Waals surface area contributed by atoms with E-state index in [0.29, 0.717) is 28.4 Å². The van der Waals surface area contributed by atoms with Gasteiger partial charge in [-0.3, -0.25) is 18.6 Å². The van der Waals surface area contributed by atoms with Gasteiger partial charge in [0, 0.05) is 12.2 Å². The van der Waals surface area contributed by atoms with Crippen LogP contribution in [-0.4, -0.2) is 30.8 Å². The molecule has 1 N–H and O–H groups in total. The van der Waals surface area contributed by atoms with Crippen LogP contribution in [0.2, 0.25) is 0 Å². The predicted octanol–water partition coefficient (Wildman–Crippen LogP) is 4.30. The van der Waals surface area contributed by atoms with Crippen LogP contribution in [0.1, 0.15) is 25.3 Å². The number of anilines is 1. The van der Waals surface area contributed by atoms with Gasteiger partial charge in [-0.2, -0.15) is 0 Å². The highest BCUT2D eigenvalue weighted by atomic mass is 32.2. The third kappa shape index (κ3) is 4.45. The maximum Gasteiger partial charge on any atom is 0.263 e. The number of thioether (sulfide) groups is 1. The zero-order valence-corrected chi connectivity index (χ0v) is 18.8. The van der Waals surface area contributed by atoms with Crippen LogP contribution in [0.4, 0.5) is 5.69 Å². The van der Waals surface area contributed by atoms with Crippen LogP contribution in [0.25, 0.3) is 16.7 Å². The fourth-order valence-corrected chi connectivity index (χ4v) is 4.32. The molecule has 1 amide bonds. The zero-order valence-electron chi connectivity index (χ0n) is 18.0. The lowest BCUT2D eigenvalue weighted by atomic mass is 10.1. The van der Waals surface area contributed by atoms with Crippen LogP contribution in [0.5, 0.6) is 0 Å². The fraction of sp³-hybridized carbons (Fsp3) is 0.250. The molecule has 0 aliphatic rings. The summed E-state index contributed by atoms with van der Waals surface area (Å²) in [6.07, 6.45) is 5.01. The Bertz CT molecular complexity index is 1320. The number of carbonyl (C=O) groups excluding carboxylic acids is 1. The Morgan fingerprint density at radius 3 is 2.69 bits per heavy atom. The molecule has 0 atom stereocenters. The summed E-state index contributed by atoms with van der Waals surface area (Å²) in [5, 5.41) is 12.5. The zero-order chi connectivity index (χ0) is 22.5. The number of nitrogens with zero attached hydrogens (tertiary/aromatic N) is 4. The Balaban J connectivity index is 1.54. The van der Waals surface area contributed by atoms with Crippen molar-refractivity contribution in [2.24, 2.45) is 0 Å². The molecule has 32 heavy (non-hydrogen) atoms. The van der Waals surface area contributed by atoms with Crippen LogP contribution in [0.3, 0.4) is 0 Å². The molecule has 2 aromatic carbocycles. The van der Waals surface area contributed by atoms with E-state index in [1.54, 1.807) is 12.1 Å². The summed E-state index contributed by atoms with van der Waals surface area (Å²) >= 11 is 1.28. The topological polar surface area (TPSA) is 81.3 Å². The van der Waals surface area contributed by atoms with E-state index in [-0.39, 0.29) is 17.2 Å². The van der Waals surface area contributed by atoms with E-state index in [1.807, 2.05) is 34.7 Å². The number of amides is 1. The first-order valence-corrected chi connectivity index (χ1v) is 11.6. The first kappa shape index (κ1) is 21.8. The first-order chi connectivity index (χ1) is 15.6. The van der Waals surface area contributed by atoms with Gasteiger partial charge in [-0.15, -0.1) is 16.8 Å². The number of allylic oxidation sites excluding steroid dienone is 1. The maximum atomic E-state index is 12.9. The predicted molar refractivity (Wildman–Crippen MR) is 129 cm³/mol. The minimum atomic E-state index is -0.142. The number of rotatable bonds is 9. The molecule has 2 heterocycles. The highest BCUT2D eigenvalue weighted by molar-refractivity contribution is 7.99. The van der Waals surface area contributed by atoms with Crippen LogP contribution >= 0.6 is 11.8 Å². The molecule has 164 valence electrons. The molecule has 7 nitrogen and oxygen atoms in total. The lowest BCUT2D eigenvalue weighted by Crippen LogP contribution is -2.22. The maximum absolute atomic E-state index is 12.9. The summed E-state index contributed by atoms with van der Waals surface area (Å²) in [4.78, 5) is 25.4. The van der Waals surface area contributed by atoms with Crippen molar-refractivity contribution in [1.82, 2.24) is 19.2 Å². The Labute approximate surface area is 190 Å². The van der Waals surface area contributed by atoms with E-state index in [0.717, 1.165) is 24.9 Å². The van der Waals surface area contributed by atoms with Gasteiger partial charge in [0.05, 0.1) is 16.7 Å². The summed E-state index contributed by atoms with van der Waals surface area (Å²) < 4.78 is 3.35. The summed E-state index contributed by atoms with van der Waals surface area (Å²) in [6, 6.07) is 15.3. The van der Waals surface area contributed by atoms with E-state index in [1.165, 1.54) is 21.9 Å². The quantitative estimate of drug-likeness (QED) is 0.306. The second-order valence-corrected chi connectivity index (χ2v) is 8.42. The van der Waals surface area contributed by atoms with Gasteiger partial charge in [-0.25, -0.2) is 0 Å². The average Bonchev–Trinajstić information content (AvgIpc) is 3.24. The average molecular weight is 448 g/mol. The van der Waals surface area contributed by atoms with Crippen molar-refractivity contribution in [2.75, 3.05) is 11.1 Å². The lowest BCUT2D eigenvalue weighted by Gasteiger charge is -2.10. The molecule has 0 saturated heterocycles. The van der Waals surface area contributed by atoms with E-state index in [4.69, 9.17) is 0 Å². The molecular weight excluding hydrogens is 422 g/mol. The number of carbonyl (C=O) groups is 1. The number of unbranched alkanes of at least 4 members (excludes halogenated alkanes) is 1. The first-order valence-electron chi connectivity index (χ1n) is 10.6. The molecule has 0 saturated carbocycles. The lowest BCUT2D eigenvalue weighted by molar-refractivity contribution is -0.113. The molecule has 4 aromatic rings. The molecule has 8 heteroatoms. The standard InChI is InChI=1S/C24H25N5O2S/c1-3-5-8-17-11-13-18(14-12-17)25-21(30)16-32-24-27-26-23-28(15-4-2)22(31)19-9-6-7-10-20(19)29(23)24/h4,6-7,9-14H,2-3,5,8,15-16H2,1H3,(H,25,30). The van der Waals surface area contributed by atoms with E-state index < -0.39 is 0 Å². The number of fused-ring (bicyclic) bond motifs is 3. The van der Waals surface area contributed by atoms with Crippen LogP contribution in [0.15, 0.2) is 71.1 Å². The number of nitrogens with one attached hydrogen (secondary N) is 1. The van der Waals surface area contributed by atoms with Crippen molar-refractivity contribution in [2.45, 2.75) is 37.9 Å². The minimum absolute atomic E-state index is 0.128. The van der Waals surface area contributed by atoms with Crippen molar-refractivity contribution >= 4 is 40.0 Å². The smallest absolute Gasteiger partial charge is 0.263 e. The van der Waals surface area contributed by atoms with Crippen molar-refractivity contribution in [3.8, 4) is 0 Å². The van der Waals surface area contributed by atoms with Crippen LogP contribution in [-0.2, 0) is 17.8 Å². The normalized spacial score (nSPS) is 11.2. The second kappa shape index (κ2) is 9.82. The Hall–Kier alpha value is -3.39. The minimum Gasteiger partial charge on any atom is -0.325 e. The molecule has 2 aromatic heterocycles. The highest BCUT2D eigenvalue weighted by Crippen LogP contribution is 2.22. The van der Waals surface area contributed by atoms with Crippen LogP contribution < -0.4 is 10.9 Å². The number of hydrogen-bond donors (Lipinski definition) is 1. The third-order valence-electron chi connectivity index (χ3n) is 5.18. The summed E-state index contributed by atoms with van der Waals surface area (Å²) in [5.74, 6) is 0.476. The van der Waals surface area contributed by atoms with Crippen molar-refractivity contribution in [1.29, 1.82) is 0 Å². The van der Waals surface area contributed by atoms with E-state index in [2.05, 4.69) is 41.1 Å². The van der Waals surface area contributed by atoms with Crippen LogP contribution in [0, 0.1) is 0 Å². The molecule has 4 rings (SSSR count).